The molecular formula is C17H18ClN3S. The largest absolute Gasteiger partial charge is 0.383 e. The lowest BCUT2D eigenvalue weighted by atomic mass is 10.2. The molecule has 0 aliphatic rings. The Balaban J connectivity index is 0.00000176. The van der Waals surface area contributed by atoms with E-state index >= 15 is 0 Å². The van der Waals surface area contributed by atoms with E-state index in [1.165, 1.54) is 0 Å². The Morgan fingerprint density at radius 1 is 1.14 bits per heavy atom. The first kappa shape index (κ1) is 16.5. The molecule has 1 heterocycles. The molecule has 3 nitrogen and oxygen atoms in total. The van der Waals surface area contributed by atoms with Gasteiger partial charge in [-0.3, -0.25) is 4.99 Å². The molecule has 0 aliphatic carbocycles. The number of thiazole rings is 1. The zero-order chi connectivity index (χ0) is 14.8. The average molecular weight is 332 g/mol. The molecule has 0 radical (unpaired) electrons. The highest BCUT2D eigenvalue weighted by molar-refractivity contribution is 7.21. The summed E-state index contributed by atoms with van der Waals surface area (Å²) in [4.78, 5) is 9.08. The summed E-state index contributed by atoms with van der Waals surface area (Å²) in [7, 11) is 0. The van der Waals surface area contributed by atoms with Crippen LogP contribution in [0.4, 0.5) is 0 Å². The van der Waals surface area contributed by atoms with Gasteiger partial charge in [0.25, 0.3) is 0 Å². The third-order valence-electron chi connectivity index (χ3n) is 3.10. The summed E-state index contributed by atoms with van der Waals surface area (Å²) in [6.07, 6.45) is 0. The summed E-state index contributed by atoms with van der Waals surface area (Å²) in [6.45, 7) is 4.04. The number of hydrogen-bond donors (Lipinski definition) is 1. The number of halogens is 1. The van der Waals surface area contributed by atoms with Crippen molar-refractivity contribution in [1.29, 1.82) is 0 Å². The molecule has 114 valence electrons. The van der Waals surface area contributed by atoms with Crippen molar-refractivity contribution in [3.8, 4) is 10.6 Å². The van der Waals surface area contributed by atoms with Gasteiger partial charge in [-0.2, -0.15) is 0 Å². The minimum Gasteiger partial charge on any atom is -0.383 e. The van der Waals surface area contributed by atoms with Crippen LogP contribution < -0.4 is 5.73 Å². The van der Waals surface area contributed by atoms with Crippen LogP contribution in [0.5, 0.6) is 0 Å². The van der Waals surface area contributed by atoms with Gasteiger partial charge < -0.3 is 5.73 Å². The summed E-state index contributed by atoms with van der Waals surface area (Å²) in [5.74, 6) is 0.585. The zero-order valence-corrected chi connectivity index (χ0v) is 14.1. The van der Waals surface area contributed by atoms with Crippen molar-refractivity contribution in [3.05, 3.63) is 54.1 Å². The Kier molecular flexibility index (Phi) is 5.16. The zero-order valence-electron chi connectivity index (χ0n) is 12.5. The maximum atomic E-state index is 6.04. The van der Waals surface area contributed by atoms with E-state index < -0.39 is 0 Å². The molecular weight excluding hydrogens is 314 g/mol. The molecule has 3 rings (SSSR count). The van der Waals surface area contributed by atoms with E-state index in [2.05, 4.69) is 28.2 Å². The number of benzene rings is 2. The van der Waals surface area contributed by atoms with E-state index in [9.17, 15) is 0 Å². The Morgan fingerprint density at radius 2 is 1.86 bits per heavy atom. The molecule has 1 aromatic heterocycles. The van der Waals surface area contributed by atoms with Crippen molar-refractivity contribution in [3.63, 3.8) is 0 Å². The maximum absolute atomic E-state index is 6.04. The van der Waals surface area contributed by atoms with Crippen molar-refractivity contribution in [1.82, 2.24) is 4.98 Å². The SMILES string of the molecule is CC(C)N=C(N)c1ccc2nc(-c3ccccc3)sc2c1.Cl. The smallest absolute Gasteiger partial charge is 0.125 e. The van der Waals surface area contributed by atoms with Crippen LogP contribution in [0.2, 0.25) is 0 Å². The number of hydrogen-bond acceptors (Lipinski definition) is 3. The Labute approximate surface area is 140 Å². The van der Waals surface area contributed by atoms with Crippen molar-refractivity contribution in [2.75, 3.05) is 0 Å². The summed E-state index contributed by atoms with van der Waals surface area (Å²) < 4.78 is 1.13. The molecule has 22 heavy (non-hydrogen) atoms. The van der Waals surface area contributed by atoms with E-state index in [0.29, 0.717) is 5.84 Å². The van der Waals surface area contributed by atoms with Gasteiger partial charge in [0.05, 0.1) is 10.2 Å². The van der Waals surface area contributed by atoms with Crippen LogP contribution in [0.15, 0.2) is 53.5 Å². The van der Waals surface area contributed by atoms with Crippen LogP contribution >= 0.6 is 23.7 Å². The van der Waals surface area contributed by atoms with Gasteiger partial charge in [0.1, 0.15) is 10.8 Å². The quantitative estimate of drug-likeness (QED) is 0.567. The first-order valence-electron chi connectivity index (χ1n) is 6.93. The van der Waals surface area contributed by atoms with Gasteiger partial charge in [-0.15, -0.1) is 23.7 Å². The molecule has 0 unspecified atom stereocenters. The van der Waals surface area contributed by atoms with E-state index in [4.69, 9.17) is 5.73 Å². The van der Waals surface area contributed by atoms with Crippen molar-refractivity contribution < 1.29 is 0 Å². The van der Waals surface area contributed by atoms with Crippen LogP contribution in [0, 0.1) is 0 Å². The fourth-order valence-electron chi connectivity index (χ4n) is 2.14. The van der Waals surface area contributed by atoms with Crippen LogP contribution in [-0.4, -0.2) is 16.9 Å². The first-order valence-corrected chi connectivity index (χ1v) is 7.75. The number of nitrogens with zero attached hydrogens (tertiary/aromatic N) is 2. The van der Waals surface area contributed by atoms with E-state index in [-0.39, 0.29) is 18.4 Å². The van der Waals surface area contributed by atoms with E-state index in [0.717, 1.165) is 26.4 Å². The summed E-state index contributed by atoms with van der Waals surface area (Å²) in [5.41, 5.74) is 9.14. The molecule has 0 fully saturated rings. The molecule has 0 saturated heterocycles. The van der Waals surface area contributed by atoms with Gasteiger partial charge in [0, 0.05) is 17.2 Å². The average Bonchev–Trinajstić information content (AvgIpc) is 2.90. The molecule has 3 aromatic rings. The molecule has 2 N–H and O–H groups in total. The highest BCUT2D eigenvalue weighted by Crippen LogP contribution is 2.30. The van der Waals surface area contributed by atoms with Crippen LogP contribution in [0.25, 0.3) is 20.8 Å². The number of aromatic nitrogens is 1. The lowest BCUT2D eigenvalue weighted by molar-refractivity contribution is 0.834. The summed E-state index contributed by atoms with van der Waals surface area (Å²) >= 11 is 1.68. The van der Waals surface area contributed by atoms with E-state index in [1.807, 2.05) is 44.2 Å². The van der Waals surface area contributed by atoms with Crippen molar-refractivity contribution >= 4 is 39.8 Å². The molecule has 2 aromatic carbocycles. The van der Waals surface area contributed by atoms with Crippen LogP contribution in [0.3, 0.4) is 0 Å². The number of fused-ring (bicyclic) bond motifs is 1. The number of amidine groups is 1. The Bertz CT molecular complexity index is 794. The van der Waals surface area contributed by atoms with Crippen molar-refractivity contribution in [2.45, 2.75) is 19.9 Å². The number of nitrogens with two attached hydrogens (primary N) is 1. The molecule has 0 aliphatic heterocycles. The summed E-state index contributed by atoms with van der Waals surface area (Å²) in [6, 6.07) is 16.5. The monoisotopic (exact) mass is 331 g/mol. The van der Waals surface area contributed by atoms with Gasteiger partial charge in [0.15, 0.2) is 0 Å². The number of aliphatic imine (C=N–C) groups is 1. The van der Waals surface area contributed by atoms with Crippen LogP contribution in [0.1, 0.15) is 19.4 Å². The number of rotatable bonds is 3. The molecule has 0 spiro atoms. The lowest BCUT2D eigenvalue weighted by Gasteiger charge is -2.02. The second-order valence-electron chi connectivity index (χ2n) is 5.18. The topological polar surface area (TPSA) is 51.3 Å². The molecule has 5 heteroatoms. The van der Waals surface area contributed by atoms with Gasteiger partial charge in [-0.25, -0.2) is 4.98 Å². The minimum atomic E-state index is 0. The highest BCUT2D eigenvalue weighted by Gasteiger charge is 2.08. The Morgan fingerprint density at radius 3 is 2.55 bits per heavy atom. The summed E-state index contributed by atoms with van der Waals surface area (Å²) in [5, 5.41) is 1.03. The van der Waals surface area contributed by atoms with Gasteiger partial charge in [-0.05, 0) is 32.0 Å². The predicted octanol–water partition coefficient (Wildman–Crippen LogP) is 4.50. The normalized spacial score (nSPS) is 11.7. The molecule has 0 saturated carbocycles. The Hall–Kier alpha value is -1.91. The maximum Gasteiger partial charge on any atom is 0.125 e. The molecule has 0 atom stereocenters. The lowest BCUT2D eigenvalue weighted by Crippen LogP contribution is -2.15. The first-order chi connectivity index (χ1) is 10.1. The third kappa shape index (κ3) is 3.46. The highest BCUT2D eigenvalue weighted by atomic mass is 35.5. The third-order valence-corrected chi connectivity index (χ3v) is 4.17. The van der Waals surface area contributed by atoms with Gasteiger partial charge >= 0.3 is 0 Å². The van der Waals surface area contributed by atoms with Gasteiger partial charge in [0.2, 0.25) is 0 Å². The second-order valence-corrected chi connectivity index (χ2v) is 6.21. The minimum absolute atomic E-state index is 0. The molecule has 0 amide bonds. The van der Waals surface area contributed by atoms with E-state index in [1.54, 1.807) is 11.3 Å². The van der Waals surface area contributed by atoms with Gasteiger partial charge in [-0.1, -0.05) is 30.3 Å². The van der Waals surface area contributed by atoms with Crippen LogP contribution in [-0.2, 0) is 0 Å². The standard InChI is InChI=1S/C17H17N3S.ClH/c1-11(2)19-16(18)13-8-9-14-15(10-13)21-17(20-14)12-6-4-3-5-7-12;/h3-11H,1-2H3,(H2,18,19);1H. The van der Waals surface area contributed by atoms with Crippen molar-refractivity contribution in [2.24, 2.45) is 10.7 Å². The molecule has 0 bridgehead atoms. The second kappa shape index (κ2) is 6.90. The fourth-order valence-corrected chi connectivity index (χ4v) is 3.15. The predicted molar refractivity (Wildman–Crippen MR) is 98.2 cm³/mol. The fraction of sp³-hybridized carbons (Fsp3) is 0.176.